The van der Waals surface area contributed by atoms with Crippen LogP contribution in [0.5, 0.6) is 0 Å². The third kappa shape index (κ3) is 5.42. The third-order valence-corrected chi connectivity index (χ3v) is 4.84. The van der Waals surface area contributed by atoms with Crippen LogP contribution in [0, 0.1) is 5.82 Å². The van der Waals surface area contributed by atoms with E-state index in [2.05, 4.69) is 0 Å². The van der Waals surface area contributed by atoms with Crippen LogP contribution in [0.2, 0.25) is 0 Å². The Morgan fingerprint density at radius 1 is 1.38 bits per heavy atom. The number of aryl methyl sites for hydroxylation is 1. The molecule has 1 atom stereocenters. The van der Waals surface area contributed by atoms with Gasteiger partial charge in [0.25, 0.3) is 0 Å². The molecule has 1 heterocycles. The van der Waals surface area contributed by atoms with Gasteiger partial charge in [0, 0.05) is 26.5 Å². The van der Waals surface area contributed by atoms with Crippen molar-refractivity contribution in [3.05, 3.63) is 17.7 Å². The average molecular weight is 404 g/mol. The van der Waals surface area contributed by atoms with Gasteiger partial charge in [-0.2, -0.15) is 17.9 Å². The van der Waals surface area contributed by atoms with E-state index in [0.29, 0.717) is 13.3 Å². The van der Waals surface area contributed by atoms with Crippen LogP contribution in [0.25, 0.3) is 0 Å². The van der Waals surface area contributed by atoms with E-state index < -0.39 is 44.6 Å². The van der Waals surface area contributed by atoms with Crippen molar-refractivity contribution in [1.82, 2.24) is 9.29 Å². The van der Waals surface area contributed by atoms with Gasteiger partial charge in [-0.1, -0.05) is 0 Å². The Hall–Kier alpha value is -1.66. The Labute approximate surface area is 148 Å². The smallest absolute Gasteiger partial charge is 0.404 e. The Morgan fingerprint density at radius 2 is 2.00 bits per heavy atom. The Kier molecular flexibility index (Phi) is 7.59. The third-order valence-electron chi connectivity index (χ3n) is 3.31. The van der Waals surface area contributed by atoms with Gasteiger partial charge >= 0.3 is 12.1 Å². The molecule has 12 heteroatoms. The predicted molar refractivity (Wildman–Crippen MR) is 82.7 cm³/mol. The first-order valence-electron chi connectivity index (χ1n) is 7.59. The summed E-state index contributed by atoms with van der Waals surface area (Å²) in [6, 6.07) is -2.44. The van der Waals surface area contributed by atoms with Crippen molar-refractivity contribution in [1.29, 1.82) is 0 Å². The first-order valence-corrected chi connectivity index (χ1v) is 9.07. The molecule has 0 saturated heterocycles. The first kappa shape index (κ1) is 22.4. The molecule has 0 aliphatic carbocycles. The number of carbonyl (C=O) groups excluding carboxylic acids is 1. The van der Waals surface area contributed by atoms with Gasteiger partial charge in [0.15, 0.2) is 11.5 Å². The number of ether oxygens (including phenoxy) is 2. The number of alkyl halides is 3. The SMILES string of the molecule is CCOC(=O)c1c(F)c(S(=O)(=O)N[C@H](C)C(F)(F)F)cn1CCCOC. The highest BCUT2D eigenvalue weighted by atomic mass is 32.2. The number of nitrogens with zero attached hydrogens (tertiary/aromatic N) is 1. The fourth-order valence-electron chi connectivity index (χ4n) is 2.02. The van der Waals surface area contributed by atoms with E-state index in [1.165, 1.54) is 18.8 Å². The fourth-order valence-corrected chi connectivity index (χ4v) is 3.34. The second-order valence-corrected chi connectivity index (χ2v) is 6.98. The molecule has 1 aromatic rings. The molecule has 1 N–H and O–H groups in total. The van der Waals surface area contributed by atoms with E-state index in [4.69, 9.17) is 9.47 Å². The maximum atomic E-state index is 14.6. The average Bonchev–Trinajstić information content (AvgIpc) is 2.84. The van der Waals surface area contributed by atoms with Crippen molar-refractivity contribution >= 4 is 16.0 Å². The summed E-state index contributed by atoms with van der Waals surface area (Å²) in [5.41, 5.74) is -0.678. The molecule has 0 fully saturated rings. The van der Waals surface area contributed by atoms with E-state index in [9.17, 15) is 30.8 Å². The number of rotatable bonds is 9. The summed E-state index contributed by atoms with van der Waals surface area (Å²) in [5.74, 6) is -2.59. The molecule has 0 bridgehead atoms. The first-order chi connectivity index (χ1) is 12.0. The highest BCUT2D eigenvalue weighted by Gasteiger charge is 2.40. The van der Waals surface area contributed by atoms with Crippen molar-refractivity contribution in [2.24, 2.45) is 0 Å². The Morgan fingerprint density at radius 3 is 2.50 bits per heavy atom. The van der Waals surface area contributed by atoms with E-state index in [1.807, 2.05) is 0 Å². The number of hydrogen-bond acceptors (Lipinski definition) is 5. The molecular weight excluding hydrogens is 384 g/mol. The second kappa shape index (κ2) is 8.82. The van der Waals surface area contributed by atoms with E-state index >= 15 is 0 Å². The van der Waals surface area contributed by atoms with Crippen molar-refractivity contribution in [3.8, 4) is 0 Å². The number of carbonyl (C=O) groups is 1. The molecular formula is C14H20F4N2O5S. The summed E-state index contributed by atoms with van der Waals surface area (Å²) in [7, 11) is -3.44. The molecule has 1 rings (SSSR count). The standard InChI is InChI=1S/C14H20F4N2O5S/c1-4-25-13(21)12-11(15)10(8-20(12)6-5-7-24-3)26(22,23)19-9(2)14(16,17)18/h8-9,19H,4-7H2,1-3H3/t9-/m1/s1. The van der Waals surface area contributed by atoms with Gasteiger partial charge in [0.1, 0.15) is 10.9 Å². The lowest BCUT2D eigenvalue weighted by atomic mass is 10.4. The molecule has 0 spiro atoms. The highest BCUT2D eigenvalue weighted by Crippen LogP contribution is 2.25. The Balaban J connectivity index is 3.30. The summed E-state index contributed by atoms with van der Waals surface area (Å²) >= 11 is 0. The molecule has 0 aliphatic rings. The van der Waals surface area contributed by atoms with Crippen molar-refractivity contribution in [3.63, 3.8) is 0 Å². The summed E-state index contributed by atoms with van der Waals surface area (Å²) in [6.07, 6.45) is -3.78. The van der Waals surface area contributed by atoms with Gasteiger partial charge in [0.2, 0.25) is 10.0 Å². The van der Waals surface area contributed by atoms with Crippen LogP contribution >= 0.6 is 0 Å². The maximum absolute atomic E-state index is 14.6. The van der Waals surface area contributed by atoms with Crippen LogP contribution in [-0.2, 0) is 26.0 Å². The lowest BCUT2D eigenvalue weighted by Gasteiger charge is -2.16. The number of esters is 1. The summed E-state index contributed by atoms with van der Waals surface area (Å²) < 4.78 is 88.5. The molecule has 0 saturated carbocycles. The minimum absolute atomic E-state index is 0.00323. The lowest BCUT2D eigenvalue weighted by Crippen LogP contribution is -2.43. The van der Waals surface area contributed by atoms with Crippen LogP contribution in [0.15, 0.2) is 11.1 Å². The summed E-state index contributed by atoms with van der Waals surface area (Å²) in [6.45, 7) is 2.21. The molecule has 0 unspecified atom stereocenters. The fraction of sp³-hybridized carbons (Fsp3) is 0.643. The second-order valence-electron chi connectivity index (χ2n) is 5.30. The zero-order valence-corrected chi connectivity index (χ0v) is 15.2. The van der Waals surface area contributed by atoms with Crippen molar-refractivity contribution < 1.29 is 40.2 Å². The summed E-state index contributed by atoms with van der Waals surface area (Å²) in [4.78, 5) is 10.9. The van der Waals surface area contributed by atoms with Gasteiger partial charge in [-0.25, -0.2) is 17.6 Å². The van der Waals surface area contributed by atoms with E-state index in [1.54, 1.807) is 0 Å². The van der Waals surface area contributed by atoms with Crippen molar-refractivity contribution in [2.45, 2.75) is 43.9 Å². The van der Waals surface area contributed by atoms with Crippen LogP contribution in [0.3, 0.4) is 0 Å². The van der Waals surface area contributed by atoms with Gasteiger partial charge in [-0.05, 0) is 20.3 Å². The number of hydrogen-bond donors (Lipinski definition) is 1. The molecule has 0 aromatic carbocycles. The molecule has 26 heavy (non-hydrogen) atoms. The molecule has 0 amide bonds. The topological polar surface area (TPSA) is 86.6 Å². The molecule has 0 aliphatic heterocycles. The van der Waals surface area contributed by atoms with E-state index in [-0.39, 0.29) is 19.8 Å². The number of methoxy groups -OCH3 is 1. The number of aromatic nitrogens is 1. The highest BCUT2D eigenvalue weighted by molar-refractivity contribution is 7.89. The zero-order chi connectivity index (χ0) is 20.1. The molecule has 0 radical (unpaired) electrons. The summed E-state index contributed by atoms with van der Waals surface area (Å²) in [5, 5.41) is 0. The van der Waals surface area contributed by atoms with Crippen LogP contribution < -0.4 is 4.72 Å². The number of nitrogens with one attached hydrogen (secondary N) is 1. The number of halogens is 4. The minimum Gasteiger partial charge on any atom is -0.461 e. The van der Waals surface area contributed by atoms with Crippen LogP contribution in [0.1, 0.15) is 30.8 Å². The monoisotopic (exact) mass is 404 g/mol. The van der Waals surface area contributed by atoms with Crippen LogP contribution in [0.4, 0.5) is 17.6 Å². The van der Waals surface area contributed by atoms with Crippen LogP contribution in [-0.4, -0.2) is 51.5 Å². The Bertz CT molecular complexity index is 730. The van der Waals surface area contributed by atoms with Gasteiger partial charge in [-0.15, -0.1) is 0 Å². The van der Waals surface area contributed by atoms with E-state index in [0.717, 1.165) is 10.8 Å². The maximum Gasteiger partial charge on any atom is 0.404 e. The minimum atomic E-state index is -4.86. The largest absolute Gasteiger partial charge is 0.461 e. The molecule has 150 valence electrons. The van der Waals surface area contributed by atoms with Crippen molar-refractivity contribution in [2.75, 3.05) is 20.3 Å². The predicted octanol–water partition coefficient (Wildman–Crippen LogP) is 2.07. The zero-order valence-electron chi connectivity index (χ0n) is 14.4. The molecule has 1 aromatic heterocycles. The van der Waals surface area contributed by atoms with Gasteiger partial charge in [-0.3, -0.25) is 0 Å². The van der Waals surface area contributed by atoms with Gasteiger partial charge < -0.3 is 14.0 Å². The normalized spacial score (nSPS) is 13.7. The quantitative estimate of drug-likeness (QED) is 0.387. The van der Waals surface area contributed by atoms with Gasteiger partial charge in [0.05, 0.1) is 6.61 Å². The lowest BCUT2D eigenvalue weighted by molar-refractivity contribution is -0.147. The molecule has 7 nitrogen and oxygen atoms in total. The number of sulfonamides is 1.